The summed E-state index contributed by atoms with van der Waals surface area (Å²) in [6.45, 7) is 8.02. The van der Waals surface area contributed by atoms with Gasteiger partial charge in [0.2, 0.25) is 5.91 Å². The minimum Gasteiger partial charge on any atom is -0.461 e. The van der Waals surface area contributed by atoms with Crippen molar-refractivity contribution in [1.82, 2.24) is 5.32 Å². The summed E-state index contributed by atoms with van der Waals surface area (Å²) in [5.74, 6) is -6.22. The number of hydrogen-bond acceptors (Lipinski definition) is 7. The molecule has 3 N–H and O–H groups in total. The number of aliphatic hydroxyl groups excluding tert-OH is 2. The highest BCUT2D eigenvalue weighted by atomic mass is 16.5. The number of aliphatic hydroxyl groups is 2. The number of hydrogen-bond donors (Lipinski definition) is 3. The molecular weight excluding hydrogens is 486 g/mol. The van der Waals surface area contributed by atoms with E-state index in [9.17, 15) is 29.4 Å². The molecule has 3 fully saturated rings. The molecule has 1 amide bonds. The Morgan fingerprint density at radius 2 is 1.74 bits per heavy atom. The van der Waals surface area contributed by atoms with Crippen LogP contribution < -0.4 is 5.32 Å². The fraction of sp³-hybridized carbons (Fsp3) is 0.600. The zero-order valence-electron chi connectivity index (χ0n) is 22.5. The molecular formula is C30H37NO7. The molecule has 8 nitrogen and oxygen atoms in total. The number of esters is 1. The second-order valence-electron chi connectivity index (χ2n) is 11.9. The Bertz CT molecular complexity index is 1210. The minimum atomic E-state index is -1.54. The molecule has 1 heterocycles. The molecule has 0 unspecified atom stereocenters. The van der Waals surface area contributed by atoms with Crippen molar-refractivity contribution in [3.05, 3.63) is 47.0 Å². The molecule has 2 saturated carbocycles. The molecule has 11 atom stereocenters. The molecule has 0 aromatic heterocycles. The lowest BCUT2D eigenvalue weighted by Crippen LogP contribution is -2.72. The van der Waals surface area contributed by atoms with Crippen LogP contribution in [0.2, 0.25) is 0 Å². The second-order valence-corrected chi connectivity index (χ2v) is 11.9. The van der Waals surface area contributed by atoms with Crippen molar-refractivity contribution in [2.75, 3.05) is 0 Å². The first-order valence-corrected chi connectivity index (χ1v) is 13.5. The van der Waals surface area contributed by atoms with E-state index in [1.165, 1.54) is 13.8 Å². The molecule has 1 saturated heterocycles. The molecule has 1 aromatic rings. The minimum absolute atomic E-state index is 0.256. The van der Waals surface area contributed by atoms with E-state index < -0.39 is 77.2 Å². The summed E-state index contributed by atoms with van der Waals surface area (Å²) < 4.78 is 6.00. The molecule has 1 spiro atoms. The summed E-state index contributed by atoms with van der Waals surface area (Å²) in [5.41, 5.74) is 0.950. The third-order valence-corrected chi connectivity index (χ3v) is 10.0. The van der Waals surface area contributed by atoms with Crippen LogP contribution in [-0.2, 0) is 30.3 Å². The lowest BCUT2D eigenvalue weighted by Gasteiger charge is -2.61. The van der Waals surface area contributed by atoms with Crippen LogP contribution in [0.3, 0.4) is 0 Å². The van der Waals surface area contributed by atoms with Gasteiger partial charge in [0.1, 0.15) is 23.1 Å². The third-order valence-electron chi connectivity index (χ3n) is 10.0. The Morgan fingerprint density at radius 3 is 2.34 bits per heavy atom. The fourth-order valence-electron chi connectivity index (χ4n) is 8.48. The van der Waals surface area contributed by atoms with Gasteiger partial charge in [0.05, 0.1) is 18.1 Å². The van der Waals surface area contributed by atoms with E-state index in [4.69, 9.17) is 4.74 Å². The molecule has 204 valence electrons. The van der Waals surface area contributed by atoms with Gasteiger partial charge in [-0.3, -0.25) is 19.2 Å². The molecule has 3 aliphatic carbocycles. The molecule has 1 aromatic carbocycles. The number of amides is 1. The molecule has 0 bridgehead atoms. The van der Waals surface area contributed by atoms with Crippen molar-refractivity contribution in [2.45, 2.75) is 71.8 Å². The van der Waals surface area contributed by atoms with Crippen molar-refractivity contribution in [3.63, 3.8) is 0 Å². The topological polar surface area (TPSA) is 130 Å². The number of fused-ring (bicyclic) bond motifs is 1. The van der Waals surface area contributed by atoms with E-state index in [1.54, 1.807) is 6.92 Å². The van der Waals surface area contributed by atoms with Gasteiger partial charge >= 0.3 is 5.97 Å². The average Bonchev–Trinajstić information content (AvgIpc) is 3.13. The van der Waals surface area contributed by atoms with Gasteiger partial charge in [0.15, 0.2) is 0 Å². The van der Waals surface area contributed by atoms with Crippen LogP contribution in [0.25, 0.3) is 0 Å². The highest BCUT2D eigenvalue weighted by molar-refractivity contribution is 6.03. The number of carbonyl (C=O) groups is 4. The Morgan fingerprint density at radius 1 is 1.08 bits per heavy atom. The van der Waals surface area contributed by atoms with Crippen molar-refractivity contribution in [1.29, 1.82) is 0 Å². The van der Waals surface area contributed by atoms with E-state index in [0.29, 0.717) is 12.0 Å². The number of nitrogens with one attached hydrogen (secondary N) is 1. The SMILES string of the molecule is CC(=O)O[C@@H]1[C@@H]2[C@@H](C(C)=O)C(=O)[C@@H](C)C[C@H]2[C@H](O)[C@H]2[C@H](O)C(C)=C(C)[C@H]3[C@H](Cc4ccccc4)NC(=O)[C@]213. The zero-order chi connectivity index (χ0) is 27.7. The van der Waals surface area contributed by atoms with Crippen molar-refractivity contribution in [3.8, 4) is 0 Å². The largest absolute Gasteiger partial charge is 0.461 e. The number of rotatable bonds is 4. The second kappa shape index (κ2) is 9.42. The summed E-state index contributed by atoms with van der Waals surface area (Å²) in [4.78, 5) is 53.2. The summed E-state index contributed by atoms with van der Waals surface area (Å²) in [7, 11) is 0. The first-order chi connectivity index (χ1) is 17.9. The van der Waals surface area contributed by atoms with E-state index >= 15 is 0 Å². The molecule has 4 aliphatic rings. The van der Waals surface area contributed by atoms with Gasteiger partial charge in [0, 0.05) is 36.6 Å². The predicted octanol–water partition coefficient (Wildman–Crippen LogP) is 2.01. The Hall–Kier alpha value is -2.84. The maximum absolute atomic E-state index is 14.3. The summed E-state index contributed by atoms with van der Waals surface area (Å²) >= 11 is 0. The standard InChI is InChI=1S/C30H37NO7/c1-13-11-19-22(21(16(4)32)25(13)34)28(38-17(5)33)30-23(14(2)15(3)26(35)24(30)27(19)36)20(31-29(30)37)12-18-9-7-6-8-10-18/h6-10,13,19-24,26-28,35-36H,11-12H2,1-5H3,(H,31,37)/t13-,19+,20-,21+,22-,23-,24+,26+,27-,28+,30+/m0/s1. The van der Waals surface area contributed by atoms with Crippen molar-refractivity contribution in [2.24, 2.45) is 40.9 Å². The van der Waals surface area contributed by atoms with Gasteiger partial charge in [-0.05, 0) is 50.7 Å². The van der Waals surface area contributed by atoms with Gasteiger partial charge in [-0.15, -0.1) is 0 Å². The van der Waals surface area contributed by atoms with Gasteiger partial charge < -0.3 is 20.3 Å². The lowest BCUT2D eigenvalue weighted by atomic mass is 9.43. The van der Waals surface area contributed by atoms with Crippen LogP contribution >= 0.6 is 0 Å². The monoisotopic (exact) mass is 523 g/mol. The predicted molar refractivity (Wildman–Crippen MR) is 137 cm³/mol. The van der Waals surface area contributed by atoms with Crippen molar-refractivity contribution >= 4 is 23.4 Å². The zero-order valence-corrected chi connectivity index (χ0v) is 22.5. The van der Waals surface area contributed by atoms with E-state index in [1.807, 2.05) is 44.2 Å². The Kier molecular flexibility index (Phi) is 6.63. The van der Waals surface area contributed by atoms with Crippen LogP contribution in [-0.4, -0.2) is 58.0 Å². The maximum Gasteiger partial charge on any atom is 0.302 e. The van der Waals surface area contributed by atoms with E-state index in [2.05, 4.69) is 5.32 Å². The van der Waals surface area contributed by atoms with Gasteiger partial charge in [0.25, 0.3) is 0 Å². The highest BCUT2D eigenvalue weighted by Crippen LogP contribution is 2.64. The number of benzene rings is 1. The van der Waals surface area contributed by atoms with Gasteiger partial charge in [-0.2, -0.15) is 0 Å². The summed E-state index contributed by atoms with van der Waals surface area (Å²) in [5, 5.41) is 26.7. The molecule has 0 radical (unpaired) electrons. The van der Waals surface area contributed by atoms with Crippen LogP contribution in [0.15, 0.2) is 41.5 Å². The molecule has 38 heavy (non-hydrogen) atoms. The number of ether oxygens (including phenoxy) is 1. The van der Waals surface area contributed by atoms with E-state index in [-0.39, 0.29) is 18.0 Å². The van der Waals surface area contributed by atoms with Crippen LogP contribution in [0.1, 0.15) is 46.6 Å². The first-order valence-electron chi connectivity index (χ1n) is 13.5. The number of carbonyl (C=O) groups excluding carboxylic acids is 4. The summed E-state index contributed by atoms with van der Waals surface area (Å²) in [6, 6.07) is 9.31. The fourth-order valence-corrected chi connectivity index (χ4v) is 8.48. The molecule has 1 aliphatic heterocycles. The van der Waals surface area contributed by atoms with Gasteiger partial charge in [-0.1, -0.05) is 42.8 Å². The molecule has 5 rings (SSSR count). The molecule has 8 heteroatoms. The third kappa shape index (κ3) is 3.63. The van der Waals surface area contributed by atoms with E-state index in [0.717, 1.165) is 11.1 Å². The summed E-state index contributed by atoms with van der Waals surface area (Å²) in [6.07, 6.45) is -2.70. The highest BCUT2D eigenvalue weighted by Gasteiger charge is 2.76. The van der Waals surface area contributed by atoms with Crippen LogP contribution in [0.4, 0.5) is 0 Å². The smallest absolute Gasteiger partial charge is 0.302 e. The first kappa shape index (κ1) is 26.8. The normalized spacial score (nSPS) is 42.1. The Labute approximate surface area is 222 Å². The average molecular weight is 524 g/mol. The maximum atomic E-state index is 14.3. The number of Topliss-reactive ketones (excluding diaryl/α,β-unsaturated/α-hetero) is 2. The van der Waals surface area contributed by atoms with Crippen LogP contribution in [0, 0.1) is 40.9 Å². The van der Waals surface area contributed by atoms with Crippen LogP contribution in [0.5, 0.6) is 0 Å². The number of ketones is 2. The van der Waals surface area contributed by atoms with Crippen molar-refractivity contribution < 1.29 is 34.1 Å². The Balaban J connectivity index is 1.75. The van der Waals surface area contributed by atoms with Gasteiger partial charge in [-0.25, -0.2) is 0 Å². The quantitative estimate of drug-likeness (QED) is 0.313. The lowest BCUT2D eigenvalue weighted by molar-refractivity contribution is -0.232.